The minimum atomic E-state index is 0.261. The number of anilines is 2. The van der Waals surface area contributed by atoms with Crippen LogP contribution in [0.4, 0.5) is 11.9 Å². The molecule has 0 bridgehead atoms. The van der Waals surface area contributed by atoms with Crippen LogP contribution in [0.15, 0.2) is 0 Å². The predicted octanol–water partition coefficient (Wildman–Crippen LogP) is 2.08. The molecule has 19 heavy (non-hydrogen) atoms. The van der Waals surface area contributed by atoms with Gasteiger partial charge in [0.25, 0.3) is 0 Å². The first-order valence-electron chi connectivity index (χ1n) is 7.03. The van der Waals surface area contributed by atoms with Gasteiger partial charge in [0.1, 0.15) is 6.10 Å². The third-order valence-electron chi connectivity index (χ3n) is 3.11. The Labute approximate surface area is 114 Å². The molecule has 0 spiro atoms. The molecule has 1 heterocycles. The zero-order valence-corrected chi connectivity index (χ0v) is 12.0. The molecule has 6 heteroatoms. The molecule has 1 aromatic rings. The Hall–Kier alpha value is -1.59. The zero-order valence-electron chi connectivity index (χ0n) is 12.0. The topological polar surface area (TPSA) is 63.2 Å². The van der Waals surface area contributed by atoms with Gasteiger partial charge in [-0.3, -0.25) is 0 Å². The maximum absolute atomic E-state index is 5.86. The molecule has 0 aromatic carbocycles. The fraction of sp³-hybridized carbons (Fsp3) is 0.769. The second-order valence-electron chi connectivity index (χ2n) is 5.09. The summed E-state index contributed by atoms with van der Waals surface area (Å²) >= 11 is 0. The summed E-state index contributed by atoms with van der Waals surface area (Å²) in [7, 11) is 3.83. The number of nitrogens with one attached hydrogen (secondary N) is 1. The minimum Gasteiger partial charge on any atom is -0.460 e. The van der Waals surface area contributed by atoms with E-state index in [4.69, 9.17) is 4.74 Å². The highest BCUT2D eigenvalue weighted by Gasteiger charge is 2.19. The highest BCUT2D eigenvalue weighted by molar-refractivity contribution is 5.36. The summed E-state index contributed by atoms with van der Waals surface area (Å²) in [6.07, 6.45) is 5.95. The van der Waals surface area contributed by atoms with Crippen molar-refractivity contribution in [3.05, 3.63) is 0 Å². The molecule has 106 valence electrons. The molecule has 1 aromatic heterocycles. The molecule has 1 N–H and O–H groups in total. The molecular weight excluding hydrogens is 242 g/mol. The number of hydrogen-bond donors (Lipinski definition) is 1. The Morgan fingerprint density at radius 3 is 2.58 bits per heavy atom. The summed E-state index contributed by atoms with van der Waals surface area (Å²) in [5, 5.41) is 3.19. The molecule has 6 nitrogen and oxygen atoms in total. The van der Waals surface area contributed by atoms with Crippen LogP contribution in [0.3, 0.4) is 0 Å². The van der Waals surface area contributed by atoms with Crippen molar-refractivity contribution in [3.63, 3.8) is 0 Å². The van der Waals surface area contributed by atoms with Gasteiger partial charge in [0.05, 0.1) is 0 Å². The Morgan fingerprint density at radius 1 is 1.21 bits per heavy atom. The average molecular weight is 265 g/mol. The van der Waals surface area contributed by atoms with Gasteiger partial charge in [-0.25, -0.2) is 0 Å². The van der Waals surface area contributed by atoms with E-state index in [0.29, 0.717) is 17.9 Å². The molecule has 0 atom stereocenters. The van der Waals surface area contributed by atoms with Crippen LogP contribution in [0.2, 0.25) is 0 Å². The molecule has 1 aliphatic carbocycles. The molecular formula is C13H23N5O. The molecule has 1 aliphatic rings. The number of nitrogens with zero attached hydrogens (tertiary/aromatic N) is 4. The highest BCUT2D eigenvalue weighted by Crippen LogP contribution is 2.23. The van der Waals surface area contributed by atoms with Crippen molar-refractivity contribution in [2.45, 2.75) is 45.1 Å². The molecule has 0 radical (unpaired) electrons. The fourth-order valence-electron chi connectivity index (χ4n) is 2.07. The molecule has 0 unspecified atom stereocenters. The average Bonchev–Trinajstić information content (AvgIpc) is 2.89. The van der Waals surface area contributed by atoms with Crippen molar-refractivity contribution < 1.29 is 4.74 Å². The van der Waals surface area contributed by atoms with E-state index < -0.39 is 0 Å². The normalized spacial score (nSPS) is 15.5. The standard InChI is InChI=1S/C13H23N5O/c1-4-9-14-11-15-12(18(2)3)17-13(16-11)19-10-7-5-6-8-10/h10H,4-9H2,1-3H3,(H,14,15,16,17). The van der Waals surface area contributed by atoms with Crippen LogP contribution in [-0.2, 0) is 0 Å². The number of aromatic nitrogens is 3. The third kappa shape index (κ3) is 3.94. The predicted molar refractivity (Wildman–Crippen MR) is 75.8 cm³/mol. The van der Waals surface area contributed by atoms with E-state index in [1.54, 1.807) is 0 Å². The first kappa shape index (κ1) is 13.8. The maximum Gasteiger partial charge on any atom is 0.323 e. The van der Waals surface area contributed by atoms with Crippen molar-refractivity contribution in [1.29, 1.82) is 0 Å². The smallest absolute Gasteiger partial charge is 0.323 e. The van der Waals surface area contributed by atoms with Crippen molar-refractivity contribution in [1.82, 2.24) is 15.0 Å². The van der Waals surface area contributed by atoms with Crippen LogP contribution in [-0.4, -0.2) is 41.7 Å². The van der Waals surface area contributed by atoms with E-state index in [-0.39, 0.29) is 6.10 Å². The summed E-state index contributed by atoms with van der Waals surface area (Å²) in [6.45, 7) is 2.96. The van der Waals surface area contributed by atoms with E-state index in [1.165, 1.54) is 12.8 Å². The lowest BCUT2D eigenvalue weighted by atomic mass is 10.3. The largest absolute Gasteiger partial charge is 0.460 e. The lowest BCUT2D eigenvalue weighted by molar-refractivity contribution is 0.192. The third-order valence-corrected chi connectivity index (χ3v) is 3.11. The summed E-state index contributed by atoms with van der Waals surface area (Å²) in [6, 6.07) is 0.434. The molecule has 1 saturated carbocycles. The fourth-order valence-corrected chi connectivity index (χ4v) is 2.07. The number of rotatable bonds is 6. The van der Waals surface area contributed by atoms with Gasteiger partial charge < -0.3 is 15.0 Å². The number of ether oxygens (including phenoxy) is 1. The SMILES string of the molecule is CCCNc1nc(OC2CCCC2)nc(N(C)C)n1. The van der Waals surface area contributed by atoms with Crippen molar-refractivity contribution >= 4 is 11.9 Å². The maximum atomic E-state index is 5.86. The summed E-state index contributed by atoms with van der Waals surface area (Å²) in [5.41, 5.74) is 0. The lowest BCUT2D eigenvalue weighted by Crippen LogP contribution is -2.19. The Kier molecular flexibility index (Phi) is 4.76. The van der Waals surface area contributed by atoms with Crippen LogP contribution >= 0.6 is 0 Å². The van der Waals surface area contributed by atoms with Crippen LogP contribution in [0.25, 0.3) is 0 Å². The quantitative estimate of drug-likeness (QED) is 0.849. The first-order valence-corrected chi connectivity index (χ1v) is 7.03. The van der Waals surface area contributed by atoms with Crippen molar-refractivity contribution in [2.75, 3.05) is 30.9 Å². The van der Waals surface area contributed by atoms with E-state index in [9.17, 15) is 0 Å². The van der Waals surface area contributed by atoms with Crippen LogP contribution in [0, 0.1) is 0 Å². The van der Waals surface area contributed by atoms with E-state index >= 15 is 0 Å². The summed E-state index contributed by atoms with van der Waals surface area (Å²) in [4.78, 5) is 14.9. The lowest BCUT2D eigenvalue weighted by Gasteiger charge is -2.15. The van der Waals surface area contributed by atoms with Crippen molar-refractivity contribution in [2.24, 2.45) is 0 Å². The van der Waals surface area contributed by atoms with Crippen LogP contribution in [0.5, 0.6) is 6.01 Å². The Morgan fingerprint density at radius 2 is 1.95 bits per heavy atom. The monoisotopic (exact) mass is 265 g/mol. The van der Waals surface area contributed by atoms with E-state index in [2.05, 4.69) is 27.2 Å². The second kappa shape index (κ2) is 6.54. The molecule has 1 fully saturated rings. The van der Waals surface area contributed by atoms with Gasteiger partial charge in [-0.1, -0.05) is 6.92 Å². The van der Waals surface area contributed by atoms with E-state index in [1.807, 2.05) is 19.0 Å². The van der Waals surface area contributed by atoms with Crippen LogP contribution in [0.1, 0.15) is 39.0 Å². The second-order valence-corrected chi connectivity index (χ2v) is 5.09. The first-order chi connectivity index (χ1) is 9.19. The van der Waals surface area contributed by atoms with Gasteiger partial charge in [0.2, 0.25) is 11.9 Å². The van der Waals surface area contributed by atoms with Crippen LogP contribution < -0.4 is 15.0 Å². The summed E-state index contributed by atoms with van der Waals surface area (Å²) in [5.74, 6) is 1.22. The minimum absolute atomic E-state index is 0.261. The van der Waals surface area contributed by atoms with Crippen molar-refractivity contribution in [3.8, 4) is 6.01 Å². The Bertz CT molecular complexity index is 404. The van der Waals surface area contributed by atoms with E-state index in [0.717, 1.165) is 25.8 Å². The van der Waals surface area contributed by atoms with Gasteiger partial charge >= 0.3 is 6.01 Å². The zero-order chi connectivity index (χ0) is 13.7. The molecule has 2 rings (SSSR count). The van der Waals surface area contributed by atoms with Gasteiger partial charge in [-0.15, -0.1) is 0 Å². The molecule has 0 amide bonds. The Balaban J connectivity index is 2.12. The van der Waals surface area contributed by atoms with Gasteiger partial charge in [-0.2, -0.15) is 15.0 Å². The van der Waals surface area contributed by atoms with Gasteiger partial charge in [0, 0.05) is 20.6 Å². The highest BCUT2D eigenvalue weighted by atomic mass is 16.5. The molecule has 0 aliphatic heterocycles. The van der Waals surface area contributed by atoms with Gasteiger partial charge in [0.15, 0.2) is 0 Å². The number of hydrogen-bond acceptors (Lipinski definition) is 6. The van der Waals surface area contributed by atoms with Gasteiger partial charge in [-0.05, 0) is 32.1 Å². The molecule has 0 saturated heterocycles. The summed E-state index contributed by atoms with van der Waals surface area (Å²) < 4.78 is 5.86.